The zero-order valence-electron chi connectivity index (χ0n) is 12.5. The van der Waals surface area contributed by atoms with E-state index in [0.717, 1.165) is 23.3 Å². The first-order valence-electron chi connectivity index (χ1n) is 7.42. The minimum absolute atomic E-state index is 0.0278. The van der Waals surface area contributed by atoms with Crippen LogP contribution in [0.2, 0.25) is 0 Å². The molecule has 2 heterocycles. The van der Waals surface area contributed by atoms with Gasteiger partial charge in [0.15, 0.2) is 5.65 Å². The quantitative estimate of drug-likeness (QED) is 0.786. The van der Waals surface area contributed by atoms with E-state index in [4.69, 9.17) is 0 Å². The average Bonchev–Trinajstić information content (AvgIpc) is 2.96. The Labute approximate surface area is 129 Å². The zero-order chi connectivity index (χ0) is 15.4. The molecular weight excluding hydrogens is 276 g/mol. The second-order valence-corrected chi connectivity index (χ2v) is 5.18. The smallest absolute Gasteiger partial charge is 0.251 e. The second kappa shape index (κ2) is 6.39. The molecule has 0 saturated carbocycles. The molecule has 1 N–H and O–H groups in total. The molecule has 0 atom stereocenters. The highest BCUT2D eigenvalue weighted by molar-refractivity contribution is 5.94. The van der Waals surface area contributed by atoms with Crippen LogP contribution in [0.3, 0.4) is 0 Å². The summed E-state index contributed by atoms with van der Waals surface area (Å²) in [5.41, 5.74) is 3.58. The highest BCUT2D eigenvalue weighted by Gasteiger charge is 2.08. The standard InChI is InChI=1S/C17H18N4O/c1-2-8-18-17(22)14-6-3-5-13(10-14)11-15-12-19-16-7-4-9-20-21(15)16/h3-7,9-10,12H,2,8,11H2,1H3,(H,18,22). The molecule has 112 valence electrons. The maximum atomic E-state index is 12.0. The molecule has 0 fully saturated rings. The monoisotopic (exact) mass is 294 g/mol. The molecule has 3 rings (SSSR count). The number of carbonyl (C=O) groups is 1. The van der Waals surface area contributed by atoms with Crippen LogP contribution >= 0.6 is 0 Å². The van der Waals surface area contributed by atoms with E-state index in [0.29, 0.717) is 18.5 Å². The molecule has 5 nitrogen and oxygen atoms in total. The first kappa shape index (κ1) is 14.3. The summed E-state index contributed by atoms with van der Waals surface area (Å²) in [5, 5.41) is 7.21. The van der Waals surface area contributed by atoms with Gasteiger partial charge in [-0.2, -0.15) is 5.10 Å². The second-order valence-electron chi connectivity index (χ2n) is 5.18. The highest BCUT2D eigenvalue weighted by atomic mass is 16.1. The van der Waals surface area contributed by atoms with Crippen molar-refractivity contribution < 1.29 is 4.79 Å². The Morgan fingerprint density at radius 3 is 3.05 bits per heavy atom. The van der Waals surface area contributed by atoms with Crippen LogP contribution in [-0.2, 0) is 6.42 Å². The van der Waals surface area contributed by atoms with Crippen LogP contribution in [0.1, 0.15) is 35.0 Å². The minimum Gasteiger partial charge on any atom is -0.352 e. The Morgan fingerprint density at radius 2 is 2.18 bits per heavy atom. The van der Waals surface area contributed by atoms with Gasteiger partial charge in [0, 0.05) is 24.7 Å². The number of rotatable bonds is 5. The van der Waals surface area contributed by atoms with Crippen LogP contribution < -0.4 is 5.32 Å². The van der Waals surface area contributed by atoms with E-state index < -0.39 is 0 Å². The number of benzene rings is 1. The molecular formula is C17H18N4O. The molecule has 0 bridgehead atoms. The van der Waals surface area contributed by atoms with Gasteiger partial charge in [-0.15, -0.1) is 0 Å². The fraction of sp³-hybridized carbons (Fsp3) is 0.235. The molecule has 0 saturated heterocycles. The van der Waals surface area contributed by atoms with Gasteiger partial charge in [-0.1, -0.05) is 19.1 Å². The van der Waals surface area contributed by atoms with Gasteiger partial charge in [-0.05, 0) is 36.2 Å². The number of nitrogens with zero attached hydrogens (tertiary/aromatic N) is 3. The van der Waals surface area contributed by atoms with Crippen LogP contribution in [0.25, 0.3) is 5.65 Å². The first-order valence-corrected chi connectivity index (χ1v) is 7.42. The number of aromatic nitrogens is 3. The topological polar surface area (TPSA) is 59.3 Å². The van der Waals surface area contributed by atoms with Crippen LogP contribution in [0.4, 0.5) is 0 Å². The first-order chi connectivity index (χ1) is 10.8. The van der Waals surface area contributed by atoms with Gasteiger partial charge in [0.05, 0.1) is 11.9 Å². The van der Waals surface area contributed by atoms with Gasteiger partial charge in [0.2, 0.25) is 0 Å². The Balaban J connectivity index is 1.82. The number of imidazole rings is 1. The van der Waals surface area contributed by atoms with Crippen molar-refractivity contribution in [1.29, 1.82) is 0 Å². The predicted octanol–water partition coefficient (Wildman–Crippen LogP) is 2.46. The Morgan fingerprint density at radius 1 is 1.27 bits per heavy atom. The van der Waals surface area contributed by atoms with Crippen molar-refractivity contribution in [3.05, 3.63) is 65.6 Å². The number of hydrogen-bond acceptors (Lipinski definition) is 3. The number of hydrogen-bond donors (Lipinski definition) is 1. The lowest BCUT2D eigenvalue weighted by molar-refractivity contribution is 0.0953. The number of amides is 1. The van der Waals surface area contributed by atoms with Crippen LogP contribution in [0.15, 0.2) is 48.8 Å². The highest BCUT2D eigenvalue weighted by Crippen LogP contribution is 2.12. The van der Waals surface area contributed by atoms with E-state index in [2.05, 4.69) is 15.4 Å². The molecule has 0 spiro atoms. The van der Waals surface area contributed by atoms with Crippen molar-refractivity contribution in [2.24, 2.45) is 0 Å². The third-order valence-electron chi connectivity index (χ3n) is 3.46. The summed E-state index contributed by atoms with van der Waals surface area (Å²) < 4.78 is 1.82. The van der Waals surface area contributed by atoms with Gasteiger partial charge >= 0.3 is 0 Å². The van der Waals surface area contributed by atoms with Crippen molar-refractivity contribution in [2.45, 2.75) is 19.8 Å². The molecule has 22 heavy (non-hydrogen) atoms. The third-order valence-corrected chi connectivity index (χ3v) is 3.46. The molecule has 0 unspecified atom stereocenters. The normalized spacial score (nSPS) is 10.8. The van der Waals surface area contributed by atoms with Crippen molar-refractivity contribution in [3.63, 3.8) is 0 Å². The lowest BCUT2D eigenvalue weighted by atomic mass is 10.1. The van der Waals surface area contributed by atoms with Gasteiger partial charge in [0.25, 0.3) is 5.91 Å². The van der Waals surface area contributed by atoms with Crippen LogP contribution in [0, 0.1) is 0 Å². The van der Waals surface area contributed by atoms with Crippen LogP contribution in [-0.4, -0.2) is 27.0 Å². The van der Waals surface area contributed by atoms with Gasteiger partial charge in [-0.3, -0.25) is 4.79 Å². The fourth-order valence-electron chi connectivity index (χ4n) is 2.37. The summed E-state index contributed by atoms with van der Waals surface area (Å²) in [5.74, 6) is -0.0278. The molecule has 0 aliphatic carbocycles. The number of carbonyl (C=O) groups excluding carboxylic acids is 1. The molecule has 0 aliphatic heterocycles. The van der Waals surface area contributed by atoms with E-state index in [1.165, 1.54) is 0 Å². The lowest BCUT2D eigenvalue weighted by Crippen LogP contribution is -2.24. The Bertz CT molecular complexity index is 794. The molecule has 3 aromatic rings. The van der Waals surface area contributed by atoms with Gasteiger partial charge in [0.1, 0.15) is 0 Å². The summed E-state index contributed by atoms with van der Waals surface area (Å²) >= 11 is 0. The largest absolute Gasteiger partial charge is 0.352 e. The lowest BCUT2D eigenvalue weighted by Gasteiger charge is -2.06. The Hall–Kier alpha value is -2.69. The predicted molar refractivity (Wildman–Crippen MR) is 84.9 cm³/mol. The Kier molecular flexibility index (Phi) is 4.14. The number of nitrogens with one attached hydrogen (secondary N) is 1. The van der Waals surface area contributed by atoms with Crippen molar-refractivity contribution in [3.8, 4) is 0 Å². The maximum absolute atomic E-state index is 12.0. The minimum atomic E-state index is -0.0278. The maximum Gasteiger partial charge on any atom is 0.251 e. The third kappa shape index (κ3) is 2.98. The summed E-state index contributed by atoms with van der Waals surface area (Å²) in [4.78, 5) is 16.4. The van der Waals surface area contributed by atoms with E-state index in [1.54, 1.807) is 6.20 Å². The van der Waals surface area contributed by atoms with Crippen molar-refractivity contribution in [1.82, 2.24) is 19.9 Å². The molecule has 0 aliphatic rings. The van der Waals surface area contributed by atoms with E-state index in [9.17, 15) is 4.79 Å². The number of fused-ring (bicyclic) bond motifs is 1. The summed E-state index contributed by atoms with van der Waals surface area (Å²) in [6.07, 6.45) is 5.19. The SMILES string of the molecule is CCCNC(=O)c1cccc(Cc2cnc3cccnn23)c1. The summed E-state index contributed by atoms with van der Waals surface area (Å²) in [7, 11) is 0. The summed E-state index contributed by atoms with van der Waals surface area (Å²) in [6.45, 7) is 2.73. The van der Waals surface area contributed by atoms with Gasteiger partial charge in [-0.25, -0.2) is 9.50 Å². The molecule has 1 aromatic carbocycles. The zero-order valence-corrected chi connectivity index (χ0v) is 12.5. The molecule has 5 heteroatoms. The molecule has 1 amide bonds. The fourth-order valence-corrected chi connectivity index (χ4v) is 2.37. The van der Waals surface area contributed by atoms with Crippen LogP contribution in [0.5, 0.6) is 0 Å². The average molecular weight is 294 g/mol. The van der Waals surface area contributed by atoms with E-state index in [1.807, 2.05) is 54.0 Å². The van der Waals surface area contributed by atoms with Gasteiger partial charge < -0.3 is 5.32 Å². The summed E-state index contributed by atoms with van der Waals surface area (Å²) in [6, 6.07) is 11.5. The van der Waals surface area contributed by atoms with Crippen molar-refractivity contribution in [2.75, 3.05) is 6.54 Å². The van der Waals surface area contributed by atoms with Crippen molar-refractivity contribution >= 4 is 11.6 Å². The van der Waals surface area contributed by atoms with E-state index >= 15 is 0 Å². The molecule has 2 aromatic heterocycles. The molecule has 0 radical (unpaired) electrons. The van der Waals surface area contributed by atoms with E-state index in [-0.39, 0.29) is 5.91 Å².